The van der Waals surface area contributed by atoms with Gasteiger partial charge in [-0.15, -0.1) is 6.58 Å². The Morgan fingerprint density at radius 3 is 2.92 bits per heavy atom. The van der Waals surface area contributed by atoms with Crippen LogP contribution in [0.3, 0.4) is 0 Å². The van der Waals surface area contributed by atoms with Gasteiger partial charge in [-0.2, -0.15) is 4.39 Å². The summed E-state index contributed by atoms with van der Waals surface area (Å²) in [6.07, 6.45) is 3.84. The Balaban J connectivity index is 2.60. The molecule has 0 aliphatic rings. The van der Waals surface area contributed by atoms with Crippen LogP contribution >= 0.6 is 0 Å². The van der Waals surface area contributed by atoms with Gasteiger partial charge >= 0.3 is 0 Å². The van der Waals surface area contributed by atoms with Gasteiger partial charge in [-0.3, -0.25) is 0 Å². The van der Waals surface area contributed by atoms with E-state index in [0.717, 1.165) is 6.42 Å². The molecule has 0 saturated carbocycles. The van der Waals surface area contributed by atoms with Gasteiger partial charge in [-0.1, -0.05) is 12.1 Å². The fraction of sp³-hybridized carbons (Fsp3) is 0.300. The molecule has 0 aliphatic heterocycles. The minimum Gasteiger partial charge on any atom is -0.388 e. The molecule has 0 spiro atoms. The van der Waals surface area contributed by atoms with E-state index >= 15 is 0 Å². The second-order valence-electron chi connectivity index (χ2n) is 2.80. The van der Waals surface area contributed by atoms with Gasteiger partial charge in [-0.05, 0) is 24.5 Å². The molecular weight excluding hydrogens is 169 g/mol. The molecule has 1 aromatic rings. The third-order valence-corrected chi connectivity index (χ3v) is 1.78. The lowest BCUT2D eigenvalue weighted by Crippen LogP contribution is -1.97. The Morgan fingerprint density at radius 2 is 2.38 bits per heavy atom. The molecule has 1 N–H and O–H groups in total. The van der Waals surface area contributed by atoms with Crippen LogP contribution in [-0.4, -0.2) is 10.1 Å². The van der Waals surface area contributed by atoms with Crippen LogP contribution in [0.5, 0.6) is 0 Å². The van der Waals surface area contributed by atoms with Crippen molar-refractivity contribution >= 4 is 0 Å². The molecule has 0 radical (unpaired) electrons. The van der Waals surface area contributed by atoms with E-state index in [2.05, 4.69) is 11.6 Å². The summed E-state index contributed by atoms with van der Waals surface area (Å²) in [5.74, 6) is -0.528. The summed E-state index contributed by atoms with van der Waals surface area (Å²) >= 11 is 0. The normalized spacial score (nSPS) is 12.5. The molecular formula is C10H12FNO. The van der Waals surface area contributed by atoms with Crippen LogP contribution in [0.1, 0.15) is 24.5 Å². The highest BCUT2D eigenvalue weighted by Gasteiger charge is 2.06. The van der Waals surface area contributed by atoms with E-state index in [1.165, 1.54) is 18.3 Å². The monoisotopic (exact) mass is 181 g/mol. The molecule has 1 aromatic heterocycles. The maximum absolute atomic E-state index is 12.4. The number of allylic oxidation sites excluding steroid dienone is 1. The molecule has 0 bridgehead atoms. The lowest BCUT2D eigenvalue weighted by Gasteiger charge is -2.08. The number of hydrogen-bond acceptors (Lipinski definition) is 2. The van der Waals surface area contributed by atoms with Gasteiger partial charge in [0, 0.05) is 6.20 Å². The van der Waals surface area contributed by atoms with Gasteiger partial charge < -0.3 is 5.11 Å². The van der Waals surface area contributed by atoms with Gasteiger partial charge in [0.15, 0.2) is 0 Å². The van der Waals surface area contributed by atoms with Crippen LogP contribution in [0.4, 0.5) is 4.39 Å². The van der Waals surface area contributed by atoms with Crippen molar-refractivity contribution in [3.63, 3.8) is 0 Å². The zero-order chi connectivity index (χ0) is 9.68. The molecule has 1 heterocycles. The predicted molar refractivity (Wildman–Crippen MR) is 48.6 cm³/mol. The van der Waals surface area contributed by atoms with Crippen molar-refractivity contribution in [3.8, 4) is 0 Å². The lowest BCUT2D eigenvalue weighted by atomic mass is 10.1. The number of rotatable bonds is 4. The maximum atomic E-state index is 12.4. The molecule has 0 aliphatic carbocycles. The van der Waals surface area contributed by atoms with Crippen molar-refractivity contribution in [2.45, 2.75) is 18.9 Å². The summed E-state index contributed by atoms with van der Waals surface area (Å²) in [7, 11) is 0. The van der Waals surface area contributed by atoms with Crippen LogP contribution in [-0.2, 0) is 0 Å². The summed E-state index contributed by atoms with van der Waals surface area (Å²) in [6.45, 7) is 3.55. The van der Waals surface area contributed by atoms with Gasteiger partial charge in [-0.25, -0.2) is 4.98 Å². The molecule has 2 nitrogen and oxygen atoms in total. The predicted octanol–water partition coefficient (Wildman–Crippen LogP) is 2.22. The molecule has 1 unspecified atom stereocenters. The first-order valence-corrected chi connectivity index (χ1v) is 4.14. The molecule has 70 valence electrons. The number of aliphatic hydroxyl groups is 1. The van der Waals surface area contributed by atoms with E-state index in [1.807, 2.05) is 0 Å². The maximum Gasteiger partial charge on any atom is 0.212 e. The Bertz CT molecular complexity index is 271. The first kappa shape index (κ1) is 9.86. The molecule has 0 saturated heterocycles. The van der Waals surface area contributed by atoms with Crippen molar-refractivity contribution in [2.75, 3.05) is 0 Å². The fourth-order valence-corrected chi connectivity index (χ4v) is 1.03. The quantitative estimate of drug-likeness (QED) is 0.570. The molecule has 1 atom stereocenters. The van der Waals surface area contributed by atoms with Crippen LogP contribution in [0.15, 0.2) is 31.0 Å². The molecule has 13 heavy (non-hydrogen) atoms. The highest BCUT2D eigenvalue weighted by molar-refractivity contribution is 5.12. The molecule has 1 rings (SSSR count). The zero-order valence-corrected chi connectivity index (χ0v) is 7.28. The smallest absolute Gasteiger partial charge is 0.212 e. The summed E-state index contributed by atoms with van der Waals surface area (Å²) in [4.78, 5) is 3.46. The minimum absolute atomic E-state index is 0.528. The molecule has 0 amide bonds. The van der Waals surface area contributed by atoms with E-state index in [-0.39, 0.29) is 0 Å². The van der Waals surface area contributed by atoms with E-state index in [4.69, 9.17) is 0 Å². The van der Waals surface area contributed by atoms with Crippen molar-refractivity contribution in [1.29, 1.82) is 0 Å². The first-order valence-electron chi connectivity index (χ1n) is 4.14. The summed E-state index contributed by atoms with van der Waals surface area (Å²) in [5, 5.41) is 9.53. The van der Waals surface area contributed by atoms with E-state index in [0.29, 0.717) is 12.0 Å². The van der Waals surface area contributed by atoms with Crippen molar-refractivity contribution in [3.05, 3.63) is 42.5 Å². The third kappa shape index (κ3) is 2.95. The fourth-order valence-electron chi connectivity index (χ4n) is 1.03. The summed E-state index contributed by atoms with van der Waals surface area (Å²) in [6, 6.07) is 2.78. The number of pyridine rings is 1. The second-order valence-corrected chi connectivity index (χ2v) is 2.80. The number of hydrogen-bond donors (Lipinski definition) is 1. The Morgan fingerprint density at radius 1 is 1.62 bits per heavy atom. The van der Waals surface area contributed by atoms with Crippen LogP contribution in [0, 0.1) is 5.95 Å². The zero-order valence-electron chi connectivity index (χ0n) is 7.28. The van der Waals surface area contributed by atoms with Gasteiger partial charge in [0.1, 0.15) is 0 Å². The van der Waals surface area contributed by atoms with Crippen molar-refractivity contribution in [2.24, 2.45) is 0 Å². The van der Waals surface area contributed by atoms with Crippen molar-refractivity contribution < 1.29 is 9.50 Å². The Labute approximate surface area is 76.7 Å². The average Bonchev–Trinajstić information content (AvgIpc) is 2.15. The standard InChI is InChI=1S/C10H12FNO/c1-2-3-4-9(13)8-5-6-10(11)12-7-8/h2,5-7,9,13H,1,3-4H2. The SMILES string of the molecule is C=CCCC(O)c1ccc(F)nc1. The number of halogens is 1. The van der Waals surface area contributed by atoms with Gasteiger partial charge in [0.2, 0.25) is 5.95 Å². The topological polar surface area (TPSA) is 33.1 Å². The van der Waals surface area contributed by atoms with Crippen molar-refractivity contribution in [1.82, 2.24) is 4.98 Å². The highest BCUT2D eigenvalue weighted by atomic mass is 19.1. The summed E-state index contributed by atoms with van der Waals surface area (Å²) in [5.41, 5.74) is 0.642. The van der Waals surface area contributed by atoms with Crippen LogP contribution in [0.2, 0.25) is 0 Å². The lowest BCUT2D eigenvalue weighted by molar-refractivity contribution is 0.168. The van der Waals surface area contributed by atoms with Crippen LogP contribution < -0.4 is 0 Å². The number of aliphatic hydroxyl groups excluding tert-OH is 1. The van der Waals surface area contributed by atoms with E-state index in [1.54, 1.807) is 6.08 Å². The number of aromatic nitrogens is 1. The Kier molecular flexibility index (Phi) is 3.58. The first-order chi connectivity index (χ1) is 6.24. The Hall–Kier alpha value is -1.22. The van der Waals surface area contributed by atoms with E-state index in [9.17, 15) is 9.50 Å². The van der Waals surface area contributed by atoms with Gasteiger partial charge in [0.25, 0.3) is 0 Å². The highest BCUT2D eigenvalue weighted by Crippen LogP contribution is 2.17. The molecule has 0 fully saturated rings. The number of nitrogens with zero attached hydrogens (tertiary/aromatic N) is 1. The second kappa shape index (κ2) is 4.72. The van der Waals surface area contributed by atoms with Crippen LogP contribution in [0.25, 0.3) is 0 Å². The molecule has 3 heteroatoms. The average molecular weight is 181 g/mol. The third-order valence-electron chi connectivity index (χ3n) is 1.78. The molecule has 0 aromatic carbocycles. The van der Waals surface area contributed by atoms with Gasteiger partial charge in [0.05, 0.1) is 6.10 Å². The summed E-state index contributed by atoms with van der Waals surface area (Å²) < 4.78 is 12.4. The largest absolute Gasteiger partial charge is 0.388 e. The minimum atomic E-state index is -0.578. The van der Waals surface area contributed by atoms with E-state index < -0.39 is 12.1 Å².